The molecule has 3 rings (SSSR count). The molecule has 0 spiro atoms. The van der Waals surface area contributed by atoms with Crippen LogP contribution < -0.4 is 10.1 Å². The minimum Gasteiger partial charge on any atom is -0.436 e. The summed E-state index contributed by atoms with van der Waals surface area (Å²) in [5.74, 6) is -0.129. The number of halogens is 2. The van der Waals surface area contributed by atoms with Gasteiger partial charge in [0, 0.05) is 24.8 Å². The SMILES string of the molecule is Fc1c(Cl)cccc1Oc1cc(CNC2CC2)ccn1. The van der Waals surface area contributed by atoms with Crippen LogP contribution in [0.1, 0.15) is 18.4 Å². The molecule has 0 saturated heterocycles. The fraction of sp³-hybridized carbons (Fsp3) is 0.267. The lowest BCUT2D eigenvalue weighted by atomic mass is 10.2. The number of nitrogens with zero attached hydrogens (tertiary/aromatic N) is 1. The van der Waals surface area contributed by atoms with E-state index in [1.807, 2.05) is 6.07 Å². The van der Waals surface area contributed by atoms with E-state index in [1.165, 1.54) is 25.0 Å². The minimum atomic E-state index is -0.572. The molecular weight excluding hydrogens is 279 g/mol. The Labute approximate surface area is 121 Å². The van der Waals surface area contributed by atoms with E-state index >= 15 is 0 Å². The van der Waals surface area contributed by atoms with Gasteiger partial charge in [-0.1, -0.05) is 17.7 Å². The normalized spacial score (nSPS) is 14.3. The molecule has 1 N–H and O–H groups in total. The fourth-order valence-electron chi connectivity index (χ4n) is 1.84. The first-order chi connectivity index (χ1) is 9.72. The van der Waals surface area contributed by atoms with Gasteiger partial charge in [0.2, 0.25) is 5.88 Å². The number of ether oxygens (including phenoxy) is 1. The first kappa shape index (κ1) is 13.3. The van der Waals surface area contributed by atoms with E-state index in [1.54, 1.807) is 18.3 Å². The fourth-order valence-corrected chi connectivity index (χ4v) is 2.01. The maximum atomic E-state index is 13.8. The molecule has 0 radical (unpaired) electrons. The predicted molar refractivity (Wildman–Crippen MR) is 75.6 cm³/mol. The van der Waals surface area contributed by atoms with Crippen LogP contribution in [0.15, 0.2) is 36.5 Å². The zero-order chi connectivity index (χ0) is 13.9. The van der Waals surface area contributed by atoms with Gasteiger partial charge in [0.25, 0.3) is 0 Å². The third kappa shape index (κ3) is 3.26. The Hall–Kier alpha value is -1.65. The second kappa shape index (κ2) is 5.77. The van der Waals surface area contributed by atoms with Crippen molar-refractivity contribution in [1.29, 1.82) is 0 Å². The summed E-state index contributed by atoms with van der Waals surface area (Å²) >= 11 is 5.72. The van der Waals surface area contributed by atoms with E-state index in [4.69, 9.17) is 16.3 Å². The largest absolute Gasteiger partial charge is 0.436 e. The van der Waals surface area contributed by atoms with E-state index in [2.05, 4.69) is 10.3 Å². The summed E-state index contributed by atoms with van der Waals surface area (Å²) in [5.41, 5.74) is 1.06. The highest BCUT2D eigenvalue weighted by molar-refractivity contribution is 6.30. The number of nitrogens with one attached hydrogen (secondary N) is 1. The molecule has 20 heavy (non-hydrogen) atoms. The van der Waals surface area contributed by atoms with Gasteiger partial charge in [0.15, 0.2) is 11.6 Å². The second-order valence-electron chi connectivity index (χ2n) is 4.81. The molecule has 1 aliphatic carbocycles. The number of hydrogen-bond donors (Lipinski definition) is 1. The first-order valence-electron chi connectivity index (χ1n) is 6.52. The summed E-state index contributed by atoms with van der Waals surface area (Å²) < 4.78 is 19.2. The molecule has 0 aliphatic heterocycles. The van der Waals surface area contributed by atoms with Crippen LogP contribution in [0.3, 0.4) is 0 Å². The monoisotopic (exact) mass is 292 g/mol. The van der Waals surface area contributed by atoms with Crippen LogP contribution in [0.2, 0.25) is 5.02 Å². The van der Waals surface area contributed by atoms with Crippen LogP contribution >= 0.6 is 11.6 Å². The average Bonchev–Trinajstić information content (AvgIpc) is 3.26. The molecule has 1 aliphatic rings. The molecule has 1 aromatic heterocycles. The highest BCUT2D eigenvalue weighted by Crippen LogP contribution is 2.28. The lowest BCUT2D eigenvalue weighted by molar-refractivity contribution is 0.427. The van der Waals surface area contributed by atoms with E-state index in [9.17, 15) is 4.39 Å². The van der Waals surface area contributed by atoms with Crippen LogP contribution in [-0.4, -0.2) is 11.0 Å². The van der Waals surface area contributed by atoms with Crippen molar-refractivity contribution in [3.63, 3.8) is 0 Å². The average molecular weight is 293 g/mol. The van der Waals surface area contributed by atoms with Gasteiger partial charge in [-0.15, -0.1) is 0 Å². The Kier molecular flexibility index (Phi) is 3.85. The standard InChI is InChI=1S/C15H14ClFN2O/c16-12-2-1-3-13(15(12)17)20-14-8-10(6-7-18-14)9-19-11-4-5-11/h1-3,6-8,11,19H,4-5,9H2. The molecule has 5 heteroatoms. The molecule has 0 amide bonds. The summed E-state index contributed by atoms with van der Waals surface area (Å²) in [6.45, 7) is 0.765. The van der Waals surface area contributed by atoms with E-state index < -0.39 is 5.82 Å². The third-order valence-electron chi connectivity index (χ3n) is 3.10. The maximum Gasteiger partial charge on any atom is 0.219 e. The van der Waals surface area contributed by atoms with Gasteiger partial charge in [0.05, 0.1) is 5.02 Å². The van der Waals surface area contributed by atoms with Crippen molar-refractivity contribution in [2.45, 2.75) is 25.4 Å². The van der Waals surface area contributed by atoms with Crippen molar-refractivity contribution < 1.29 is 9.13 Å². The molecule has 2 aromatic rings. The highest BCUT2D eigenvalue weighted by atomic mass is 35.5. The minimum absolute atomic E-state index is 0.0362. The zero-order valence-electron chi connectivity index (χ0n) is 10.8. The van der Waals surface area contributed by atoms with Gasteiger partial charge in [-0.05, 0) is 36.6 Å². The Bertz CT molecular complexity index is 617. The molecular formula is C15H14ClFN2O. The smallest absolute Gasteiger partial charge is 0.219 e. The molecule has 104 valence electrons. The summed E-state index contributed by atoms with van der Waals surface area (Å²) in [7, 11) is 0. The molecule has 3 nitrogen and oxygen atoms in total. The molecule has 1 fully saturated rings. The van der Waals surface area contributed by atoms with Crippen molar-refractivity contribution >= 4 is 11.6 Å². The molecule has 0 bridgehead atoms. The second-order valence-corrected chi connectivity index (χ2v) is 5.22. The van der Waals surface area contributed by atoms with E-state index in [0.717, 1.165) is 12.1 Å². The Balaban J connectivity index is 1.72. The van der Waals surface area contributed by atoms with Gasteiger partial charge in [-0.2, -0.15) is 0 Å². The molecule has 1 saturated carbocycles. The van der Waals surface area contributed by atoms with Crippen LogP contribution in [-0.2, 0) is 6.54 Å². The number of benzene rings is 1. The van der Waals surface area contributed by atoms with Crippen molar-refractivity contribution in [2.24, 2.45) is 0 Å². The van der Waals surface area contributed by atoms with Gasteiger partial charge in [-0.3, -0.25) is 0 Å². The summed E-state index contributed by atoms with van der Waals surface area (Å²) in [6.07, 6.45) is 4.13. The Morgan fingerprint density at radius 1 is 1.35 bits per heavy atom. The lowest BCUT2D eigenvalue weighted by Crippen LogP contribution is -2.15. The van der Waals surface area contributed by atoms with E-state index in [-0.39, 0.29) is 10.8 Å². The maximum absolute atomic E-state index is 13.8. The summed E-state index contributed by atoms with van der Waals surface area (Å²) in [6, 6.07) is 8.99. The topological polar surface area (TPSA) is 34.1 Å². The van der Waals surface area contributed by atoms with Gasteiger partial charge < -0.3 is 10.1 Å². The number of pyridine rings is 1. The lowest BCUT2D eigenvalue weighted by Gasteiger charge is -2.08. The Morgan fingerprint density at radius 3 is 3.00 bits per heavy atom. The van der Waals surface area contributed by atoms with E-state index in [0.29, 0.717) is 11.9 Å². The predicted octanol–water partition coefficient (Wildman–Crippen LogP) is 3.92. The molecule has 0 unspecified atom stereocenters. The number of rotatable bonds is 5. The Morgan fingerprint density at radius 2 is 2.20 bits per heavy atom. The molecule has 1 aromatic carbocycles. The van der Waals surface area contributed by atoms with Crippen LogP contribution in [0.5, 0.6) is 11.6 Å². The van der Waals surface area contributed by atoms with Crippen LogP contribution in [0, 0.1) is 5.82 Å². The van der Waals surface area contributed by atoms with Gasteiger partial charge >= 0.3 is 0 Å². The number of hydrogen-bond acceptors (Lipinski definition) is 3. The zero-order valence-corrected chi connectivity index (χ0v) is 11.5. The van der Waals surface area contributed by atoms with Crippen molar-refractivity contribution in [1.82, 2.24) is 10.3 Å². The van der Waals surface area contributed by atoms with Crippen molar-refractivity contribution in [3.8, 4) is 11.6 Å². The first-order valence-corrected chi connectivity index (χ1v) is 6.90. The van der Waals surface area contributed by atoms with Crippen molar-refractivity contribution in [3.05, 3.63) is 52.9 Å². The quantitative estimate of drug-likeness (QED) is 0.907. The van der Waals surface area contributed by atoms with Gasteiger partial charge in [-0.25, -0.2) is 9.37 Å². The molecule has 0 atom stereocenters. The van der Waals surface area contributed by atoms with Crippen LogP contribution in [0.25, 0.3) is 0 Å². The van der Waals surface area contributed by atoms with Crippen molar-refractivity contribution in [2.75, 3.05) is 0 Å². The third-order valence-corrected chi connectivity index (χ3v) is 3.39. The summed E-state index contributed by atoms with van der Waals surface area (Å²) in [4.78, 5) is 4.09. The van der Waals surface area contributed by atoms with Gasteiger partial charge in [0.1, 0.15) is 0 Å². The summed E-state index contributed by atoms with van der Waals surface area (Å²) in [5, 5.41) is 3.44. The number of aromatic nitrogens is 1. The van der Waals surface area contributed by atoms with Crippen LogP contribution in [0.4, 0.5) is 4.39 Å². The highest BCUT2D eigenvalue weighted by Gasteiger charge is 2.20. The molecule has 1 heterocycles.